The standard InChI is InChI=1S/C11H15NO2/c1-7-4-9(3)10(5-8(7)2)6-12-11(13)14/h4-5,12H,6H2,1-3H3,(H,13,14). The molecule has 0 heterocycles. The molecule has 0 radical (unpaired) electrons. The summed E-state index contributed by atoms with van der Waals surface area (Å²) in [5.74, 6) is 0. The normalized spacial score (nSPS) is 9.93. The lowest BCUT2D eigenvalue weighted by molar-refractivity contribution is 0.194. The van der Waals surface area contributed by atoms with Crippen molar-refractivity contribution in [3.05, 3.63) is 34.4 Å². The number of nitrogens with one attached hydrogen (secondary N) is 1. The van der Waals surface area contributed by atoms with Crippen LogP contribution in [0.25, 0.3) is 0 Å². The molecule has 1 aromatic carbocycles. The highest BCUT2D eigenvalue weighted by Crippen LogP contribution is 2.14. The predicted octanol–water partition coefficient (Wildman–Crippen LogP) is 2.38. The van der Waals surface area contributed by atoms with Crippen LogP contribution < -0.4 is 5.32 Å². The van der Waals surface area contributed by atoms with E-state index in [1.807, 2.05) is 19.9 Å². The second-order valence-electron chi connectivity index (χ2n) is 3.52. The van der Waals surface area contributed by atoms with Crippen molar-refractivity contribution in [1.29, 1.82) is 0 Å². The van der Waals surface area contributed by atoms with Crippen LogP contribution in [-0.2, 0) is 6.54 Å². The highest BCUT2D eigenvalue weighted by molar-refractivity contribution is 5.64. The molecular weight excluding hydrogens is 178 g/mol. The van der Waals surface area contributed by atoms with Gasteiger partial charge in [-0.15, -0.1) is 0 Å². The minimum Gasteiger partial charge on any atom is -0.465 e. The zero-order chi connectivity index (χ0) is 10.7. The molecule has 2 N–H and O–H groups in total. The minimum absolute atomic E-state index is 0.377. The first-order valence-corrected chi connectivity index (χ1v) is 4.54. The third-order valence-electron chi connectivity index (χ3n) is 2.38. The lowest BCUT2D eigenvalue weighted by atomic mass is 10.0. The molecule has 14 heavy (non-hydrogen) atoms. The van der Waals surface area contributed by atoms with Crippen molar-refractivity contribution >= 4 is 6.09 Å². The Kier molecular flexibility index (Phi) is 3.12. The van der Waals surface area contributed by atoms with Crippen LogP contribution >= 0.6 is 0 Å². The van der Waals surface area contributed by atoms with Crippen molar-refractivity contribution in [2.75, 3.05) is 0 Å². The van der Waals surface area contributed by atoms with E-state index < -0.39 is 6.09 Å². The molecule has 3 nitrogen and oxygen atoms in total. The molecule has 76 valence electrons. The van der Waals surface area contributed by atoms with Crippen LogP contribution in [0.1, 0.15) is 22.3 Å². The van der Waals surface area contributed by atoms with Crippen molar-refractivity contribution in [3.63, 3.8) is 0 Å². The van der Waals surface area contributed by atoms with Crippen LogP contribution in [0.4, 0.5) is 4.79 Å². The number of benzene rings is 1. The van der Waals surface area contributed by atoms with Crippen molar-refractivity contribution in [2.24, 2.45) is 0 Å². The van der Waals surface area contributed by atoms with Crippen LogP contribution in [0.15, 0.2) is 12.1 Å². The third-order valence-corrected chi connectivity index (χ3v) is 2.38. The molecule has 3 heteroatoms. The maximum atomic E-state index is 10.3. The molecule has 0 saturated carbocycles. The topological polar surface area (TPSA) is 49.3 Å². The summed E-state index contributed by atoms with van der Waals surface area (Å²) in [5.41, 5.74) is 4.59. The van der Waals surface area contributed by atoms with E-state index in [-0.39, 0.29) is 0 Å². The zero-order valence-corrected chi connectivity index (χ0v) is 8.72. The fraction of sp³-hybridized carbons (Fsp3) is 0.364. The van der Waals surface area contributed by atoms with Gasteiger partial charge in [-0.1, -0.05) is 12.1 Å². The zero-order valence-electron chi connectivity index (χ0n) is 8.72. The molecule has 0 bridgehead atoms. The molecule has 0 unspecified atom stereocenters. The van der Waals surface area contributed by atoms with Crippen LogP contribution in [0.2, 0.25) is 0 Å². The molecule has 0 spiro atoms. The summed E-state index contributed by atoms with van der Waals surface area (Å²) in [6.07, 6.45) is -0.984. The van der Waals surface area contributed by atoms with Gasteiger partial charge in [0.25, 0.3) is 0 Å². The largest absolute Gasteiger partial charge is 0.465 e. The van der Waals surface area contributed by atoms with E-state index in [0.717, 1.165) is 11.1 Å². The molecule has 0 atom stereocenters. The Morgan fingerprint density at radius 2 is 1.79 bits per heavy atom. The van der Waals surface area contributed by atoms with Crippen molar-refractivity contribution in [3.8, 4) is 0 Å². The Hall–Kier alpha value is -1.51. The van der Waals surface area contributed by atoms with E-state index in [4.69, 9.17) is 5.11 Å². The number of carboxylic acid groups (broad SMARTS) is 1. The van der Waals surface area contributed by atoms with Gasteiger partial charge < -0.3 is 10.4 Å². The molecular formula is C11H15NO2. The maximum Gasteiger partial charge on any atom is 0.404 e. The molecule has 1 rings (SSSR count). The Balaban J connectivity index is 2.87. The summed E-state index contributed by atoms with van der Waals surface area (Å²) < 4.78 is 0. The van der Waals surface area contributed by atoms with Crippen LogP contribution in [0, 0.1) is 20.8 Å². The fourth-order valence-corrected chi connectivity index (χ4v) is 1.38. The Labute approximate surface area is 83.8 Å². The first kappa shape index (κ1) is 10.6. The smallest absolute Gasteiger partial charge is 0.404 e. The minimum atomic E-state index is -0.984. The second kappa shape index (κ2) is 4.13. The Morgan fingerprint density at radius 3 is 2.36 bits per heavy atom. The van der Waals surface area contributed by atoms with Gasteiger partial charge in [-0.2, -0.15) is 0 Å². The Morgan fingerprint density at radius 1 is 1.21 bits per heavy atom. The first-order valence-electron chi connectivity index (χ1n) is 4.54. The van der Waals surface area contributed by atoms with Gasteiger partial charge in [-0.25, -0.2) is 4.79 Å². The van der Waals surface area contributed by atoms with Gasteiger partial charge in [0.2, 0.25) is 0 Å². The molecule has 0 aliphatic carbocycles. The summed E-state index contributed by atoms with van der Waals surface area (Å²) in [7, 11) is 0. The van der Waals surface area contributed by atoms with Gasteiger partial charge in [0, 0.05) is 6.54 Å². The molecule has 0 aliphatic rings. The van der Waals surface area contributed by atoms with Gasteiger partial charge in [0.05, 0.1) is 0 Å². The molecule has 1 amide bonds. The van der Waals surface area contributed by atoms with Gasteiger partial charge in [-0.3, -0.25) is 0 Å². The number of amides is 1. The van der Waals surface area contributed by atoms with E-state index in [0.29, 0.717) is 6.54 Å². The highest BCUT2D eigenvalue weighted by atomic mass is 16.4. The van der Waals surface area contributed by atoms with Crippen molar-refractivity contribution in [2.45, 2.75) is 27.3 Å². The van der Waals surface area contributed by atoms with Crippen molar-refractivity contribution in [1.82, 2.24) is 5.32 Å². The fourth-order valence-electron chi connectivity index (χ4n) is 1.38. The van der Waals surface area contributed by atoms with E-state index >= 15 is 0 Å². The molecule has 0 aromatic heterocycles. The summed E-state index contributed by atoms with van der Waals surface area (Å²) in [6.45, 7) is 6.45. The van der Waals surface area contributed by atoms with Crippen LogP contribution in [0.5, 0.6) is 0 Å². The predicted molar refractivity (Wildman–Crippen MR) is 55.5 cm³/mol. The average Bonchev–Trinajstić information content (AvgIpc) is 2.09. The third kappa shape index (κ3) is 2.49. The number of hydrogen-bond donors (Lipinski definition) is 2. The highest BCUT2D eigenvalue weighted by Gasteiger charge is 2.02. The average molecular weight is 193 g/mol. The Bertz CT molecular complexity index is 359. The lowest BCUT2D eigenvalue weighted by Gasteiger charge is -2.09. The summed E-state index contributed by atoms with van der Waals surface area (Å²) in [6, 6.07) is 4.11. The van der Waals surface area contributed by atoms with Gasteiger partial charge in [-0.05, 0) is 43.0 Å². The molecule has 0 saturated heterocycles. The number of carbonyl (C=O) groups is 1. The van der Waals surface area contributed by atoms with Gasteiger partial charge in [0.15, 0.2) is 0 Å². The second-order valence-corrected chi connectivity index (χ2v) is 3.52. The van der Waals surface area contributed by atoms with E-state index in [1.165, 1.54) is 11.1 Å². The van der Waals surface area contributed by atoms with Crippen LogP contribution in [0.3, 0.4) is 0 Å². The molecule has 0 fully saturated rings. The first-order chi connectivity index (χ1) is 6.50. The van der Waals surface area contributed by atoms with Crippen LogP contribution in [-0.4, -0.2) is 11.2 Å². The quantitative estimate of drug-likeness (QED) is 0.757. The summed E-state index contributed by atoms with van der Waals surface area (Å²) in [4.78, 5) is 10.3. The maximum absolute atomic E-state index is 10.3. The van der Waals surface area contributed by atoms with Gasteiger partial charge >= 0.3 is 6.09 Å². The SMILES string of the molecule is Cc1cc(C)c(CNC(=O)O)cc1C. The lowest BCUT2D eigenvalue weighted by Crippen LogP contribution is -2.20. The molecule has 1 aromatic rings. The molecule has 0 aliphatic heterocycles. The number of rotatable bonds is 2. The van der Waals surface area contributed by atoms with Gasteiger partial charge in [0.1, 0.15) is 0 Å². The van der Waals surface area contributed by atoms with Crippen molar-refractivity contribution < 1.29 is 9.90 Å². The number of aryl methyl sites for hydroxylation is 3. The number of hydrogen-bond acceptors (Lipinski definition) is 1. The van der Waals surface area contributed by atoms with E-state index in [1.54, 1.807) is 0 Å². The monoisotopic (exact) mass is 193 g/mol. The summed E-state index contributed by atoms with van der Waals surface area (Å²) >= 11 is 0. The summed E-state index contributed by atoms with van der Waals surface area (Å²) in [5, 5.41) is 10.8. The van der Waals surface area contributed by atoms with E-state index in [2.05, 4.69) is 18.3 Å². The van der Waals surface area contributed by atoms with E-state index in [9.17, 15) is 4.79 Å².